The molecule has 0 amide bonds. The smallest absolute Gasteiger partial charge is 0.141 e. The van der Waals surface area contributed by atoms with Gasteiger partial charge in [-0.05, 0) is 0 Å². The Kier molecular flexibility index (Phi) is 3.47. The third-order valence-electron chi connectivity index (χ3n) is 3.74. The van der Waals surface area contributed by atoms with Crippen molar-refractivity contribution in [1.82, 2.24) is 0 Å². The van der Waals surface area contributed by atoms with Crippen LogP contribution < -0.4 is 12.4 Å². The summed E-state index contributed by atoms with van der Waals surface area (Å²) >= 11 is 0. The standard InChI is InChI=1S/C16H18N.ClH/c1-17(2)12-14-10-6-7-11-15(14)16(17)13-8-4-3-5-9-13;/h3-11,16H,12H2,1-2H3;1H/q+1;/p-1. The summed E-state index contributed by atoms with van der Waals surface area (Å²) < 4.78 is 1.02. The zero-order valence-electron chi connectivity index (χ0n) is 10.8. The maximum atomic E-state index is 2.32. The summed E-state index contributed by atoms with van der Waals surface area (Å²) in [6.07, 6.45) is 0. The highest BCUT2D eigenvalue weighted by Crippen LogP contribution is 2.41. The molecule has 94 valence electrons. The fraction of sp³-hybridized carbons (Fsp3) is 0.250. The number of quaternary nitrogens is 1. The van der Waals surface area contributed by atoms with Gasteiger partial charge >= 0.3 is 0 Å². The van der Waals surface area contributed by atoms with Crippen molar-refractivity contribution < 1.29 is 16.9 Å². The van der Waals surface area contributed by atoms with Gasteiger partial charge in [-0.25, -0.2) is 0 Å². The zero-order chi connectivity index (χ0) is 11.9. The molecule has 0 aromatic heterocycles. The van der Waals surface area contributed by atoms with E-state index in [-0.39, 0.29) is 12.4 Å². The number of fused-ring (bicyclic) bond motifs is 1. The van der Waals surface area contributed by atoms with Gasteiger partial charge in [-0.2, -0.15) is 0 Å². The van der Waals surface area contributed by atoms with Crippen molar-refractivity contribution in [2.45, 2.75) is 12.6 Å². The Morgan fingerprint density at radius 1 is 0.889 bits per heavy atom. The van der Waals surface area contributed by atoms with E-state index in [2.05, 4.69) is 68.7 Å². The first kappa shape index (κ1) is 13.1. The molecule has 3 rings (SSSR count). The lowest BCUT2D eigenvalue weighted by Gasteiger charge is -2.32. The van der Waals surface area contributed by atoms with Crippen LogP contribution in [-0.4, -0.2) is 18.6 Å². The van der Waals surface area contributed by atoms with Crippen molar-refractivity contribution in [2.75, 3.05) is 14.1 Å². The summed E-state index contributed by atoms with van der Waals surface area (Å²) in [6.45, 7) is 1.12. The second-order valence-electron chi connectivity index (χ2n) is 5.45. The predicted molar refractivity (Wildman–Crippen MR) is 70.5 cm³/mol. The molecule has 1 aliphatic rings. The summed E-state index contributed by atoms with van der Waals surface area (Å²) in [5.74, 6) is 0. The summed E-state index contributed by atoms with van der Waals surface area (Å²) in [5.41, 5.74) is 4.40. The van der Waals surface area contributed by atoms with Crippen molar-refractivity contribution >= 4 is 0 Å². The van der Waals surface area contributed by atoms with Crippen LogP contribution in [-0.2, 0) is 6.54 Å². The van der Waals surface area contributed by atoms with E-state index in [1.807, 2.05) is 0 Å². The molecule has 0 saturated heterocycles. The lowest BCUT2D eigenvalue weighted by molar-refractivity contribution is -0.921. The van der Waals surface area contributed by atoms with Gasteiger partial charge in [0.2, 0.25) is 0 Å². The summed E-state index contributed by atoms with van der Waals surface area (Å²) in [7, 11) is 4.63. The van der Waals surface area contributed by atoms with Crippen LogP contribution in [0.15, 0.2) is 54.6 Å². The number of benzene rings is 2. The summed E-state index contributed by atoms with van der Waals surface area (Å²) in [6, 6.07) is 20.2. The lowest BCUT2D eigenvalue weighted by atomic mass is 9.97. The fourth-order valence-electron chi connectivity index (χ4n) is 3.07. The predicted octanol–water partition coefficient (Wildman–Crippen LogP) is 0.370. The Morgan fingerprint density at radius 2 is 1.50 bits per heavy atom. The molecule has 0 aliphatic carbocycles. The normalized spacial score (nSPS) is 20.0. The van der Waals surface area contributed by atoms with Gasteiger partial charge in [0.05, 0.1) is 14.1 Å². The third-order valence-corrected chi connectivity index (χ3v) is 3.74. The molecular weight excluding hydrogens is 242 g/mol. The van der Waals surface area contributed by atoms with Crippen LogP contribution in [0, 0.1) is 0 Å². The molecule has 18 heavy (non-hydrogen) atoms. The SMILES string of the molecule is C[N+]1(C)Cc2ccccc2C1c1ccccc1.[Cl-]. The average molecular weight is 260 g/mol. The number of hydrogen-bond acceptors (Lipinski definition) is 0. The van der Waals surface area contributed by atoms with Gasteiger partial charge in [-0.3, -0.25) is 0 Å². The van der Waals surface area contributed by atoms with Crippen LogP contribution in [0.1, 0.15) is 22.7 Å². The van der Waals surface area contributed by atoms with Crippen LogP contribution in [0.4, 0.5) is 0 Å². The molecular formula is C16H18ClN. The van der Waals surface area contributed by atoms with Crippen LogP contribution in [0.3, 0.4) is 0 Å². The van der Waals surface area contributed by atoms with E-state index in [0.717, 1.165) is 11.0 Å². The number of nitrogens with zero attached hydrogens (tertiary/aromatic N) is 1. The second kappa shape index (κ2) is 4.75. The van der Waals surface area contributed by atoms with E-state index in [1.165, 1.54) is 16.7 Å². The molecule has 2 heteroatoms. The Balaban J connectivity index is 0.00000120. The Labute approximate surface area is 115 Å². The first-order valence-electron chi connectivity index (χ1n) is 6.14. The van der Waals surface area contributed by atoms with Crippen LogP contribution in [0.25, 0.3) is 0 Å². The van der Waals surface area contributed by atoms with Gasteiger partial charge in [0.15, 0.2) is 0 Å². The molecule has 0 N–H and O–H groups in total. The maximum absolute atomic E-state index is 2.32. The average Bonchev–Trinajstić information content (AvgIpc) is 2.60. The van der Waals surface area contributed by atoms with Crippen LogP contribution >= 0.6 is 0 Å². The van der Waals surface area contributed by atoms with Crippen molar-refractivity contribution in [1.29, 1.82) is 0 Å². The van der Waals surface area contributed by atoms with E-state index in [9.17, 15) is 0 Å². The highest BCUT2D eigenvalue weighted by Gasteiger charge is 2.39. The zero-order valence-corrected chi connectivity index (χ0v) is 11.6. The Bertz CT molecular complexity index is 534. The lowest BCUT2D eigenvalue weighted by Crippen LogP contribution is -3.00. The largest absolute Gasteiger partial charge is 1.00 e. The van der Waals surface area contributed by atoms with Gasteiger partial charge in [0, 0.05) is 16.7 Å². The van der Waals surface area contributed by atoms with Gasteiger partial charge in [-0.15, -0.1) is 0 Å². The van der Waals surface area contributed by atoms with Crippen LogP contribution in [0.5, 0.6) is 0 Å². The molecule has 0 saturated carbocycles. The molecule has 0 radical (unpaired) electrons. The highest BCUT2D eigenvalue weighted by atomic mass is 35.5. The molecule has 1 unspecified atom stereocenters. The minimum absolute atomic E-state index is 0. The fourth-order valence-corrected chi connectivity index (χ4v) is 3.07. The minimum Gasteiger partial charge on any atom is -1.00 e. The topological polar surface area (TPSA) is 0 Å². The van der Waals surface area contributed by atoms with Crippen molar-refractivity contribution in [3.05, 3.63) is 71.3 Å². The van der Waals surface area contributed by atoms with E-state index in [1.54, 1.807) is 0 Å². The molecule has 1 atom stereocenters. The first-order chi connectivity index (χ1) is 8.18. The Hall–Kier alpha value is -1.31. The Morgan fingerprint density at radius 3 is 2.22 bits per heavy atom. The third kappa shape index (κ3) is 2.05. The molecule has 1 aliphatic heterocycles. The molecule has 0 spiro atoms. The second-order valence-corrected chi connectivity index (χ2v) is 5.45. The van der Waals surface area contributed by atoms with Gasteiger partial charge in [-0.1, -0.05) is 54.6 Å². The molecule has 0 bridgehead atoms. The van der Waals surface area contributed by atoms with Gasteiger partial charge < -0.3 is 16.9 Å². The minimum atomic E-state index is 0. The van der Waals surface area contributed by atoms with Crippen molar-refractivity contribution in [3.63, 3.8) is 0 Å². The number of rotatable bonds is 1. The molecule has 1 nitrogen and oxygen atoms in total. The molecule has 2 aromatic carbocycles. The summed E-state index contributed by atoms with van der Waals surface area (Å²) in [5, 5.41) is 0. The van der Waals surface area contributed by atoms with Crippen molar-refractivity contribution in [3.8, 4) is 0 Å². The van der Waals surface area contributed by atoms with Crippen LogP contribution in [0.2, 0.25) is 0 Å². The van der Waals surface area contributed by atoms with E-state index in [0.29, 0.717) is 6.04 Å². The molecule has 0 fully saturated rings. The highest BCUT2D eigenvalue weighted by molar-refractivity contribution is 5.38. The first-order valence-corrected chi connectivity index (χ1v) is 6.14. The maximum Gasteiger partial charge on any atom is 0.141 e. The van der Waals surface area contributed by atoms with Gasteiger partial charge in [0.25, 0.3) is 0 Å². The van der Waals surface area contributed by atoms with E-state index in [4.69, 9.17) is 0 Å². The number of halogens is 1. The number of hydrogen-bond donors (Lipinski definition) is 0. The molecule has 1 heterocycles. The van der Waals surface area contributed by atoms with E-state index >= 15 is 0 Å². The van der Waals surface area contributed by atoms with E-state index < -0.39 is 0 Å². The quantitative estimate of drug-likeness (QED) is 0.650. The monoisotopic (exact) mass is 259 g/mol. The van der Waals surface area contributed by atoms with Gasteiger partial charge in [0.1, 0.15) is 12.6 Å². The summed E-state index contributed by atoms with van der Waals surface area (Å²) in [4.78, 5) is 0. The van der Waals surface area contributed by atoms with Crippen molar-refractivity contribution in [2.24, 2.45) is 0 Å². The molecule has 2 aromatic rings.